The molecular weight excluding hydrogens is 304 g/mol. The number of ether oxygens (including phenoxy) is 1. The summed E-state index contributed by atoms with van der Waals surface area (Å²) in [4.78, 5) is 4.33. The third-order valence-corrected chi connectivity index (χ3v) is 4.18. The maximum absolute atomic E-state index is 5.77. The zero-order valence-corrected chi connectivity index (χ0v) is 14.3. The van der Waals surface area contributed by atoms with Gasteiger partial charge >= 0.3 is 0 Å². The third-order valence-electron chi connectivity index (χ3n) is 4.18. The molecule has 130 valence electrons. The number of pyridine rings is 1. The Morgan fingerprint density at radius 1 is 1.38 bits per heavy atom. The molecule has 1 aliphatic heterocycles. The number of furan rings is 1. The topological polar surface area (TPSA) is 71.3 Å². The van der Waals surface area contributed by atoms with Crippen LogP contribution in [0.3, 0.4) is 0 Å². The van der Waals surface area contributed by atoms with Gasteiger partial charge in [0.1, 0.15) is 11.5 Å². The predicted molar refractivity (Wildman–Crippen MR) is 92.5 cm³/mol. The molecule has 6 heteroatoms. The van der Waals surface area contributed by atoms with Crippen molar-refractivity contribution < 1.29 is 9.15 Å². The number of hydrogen-bond donors (Lipinski definition) is 3. The van der Waals surface area contributed by atoms with Crippen molar-refractivity contribution in [3.8, 4) is 5.88 Å². The standard InChI is InChI=1S/C18H26N4O2/c1-3-9-23-18-14(5-4-8-20-18)10-19-11-15-12-21-22-17(15)16-7-6-13(2)24-16/h4-8,15,17,19,21-22H,3,9-12H2,1-2H3. The van der Waals surface area contributed by atoms with Crippen molar-refractivity contribution in [2.45, 2.75) is 32.9 Å². The smallest absolute Gasteiger partial charge is 0.217 e. The number of aromatic nitrogens is 1. The highest BCUT2D eigenvalue weighted by Gasteiger charge is 2.30. The molecule has 2 atom stereocenters. The average Bonchev–Trinajstić information content (AvgIpc) is 3.22. The van der Waals surface area contributed by atoms with Gasteiger partial charge in [-0.15, -0.1) is 0 Å². The zero-order valence-electron chi connectivity index (χ0n) is 14.3. The minimum atomic E-state index is 0.191. The van der Waals surface area contributed by atoms with Crippen LogP contribution in [0.25, 0.3) is 0 Å². The molecule has 24 heavy (non-hydrogen) atoms. The molecule has 6 nitrogen and oxygen atoms in total. The predicted octanol–water partition coefficient (Wildman–Crippen LogP) is 2.33. The van der Waals surface area contributed by atoms with E-state index >= 15 is 0 Å². The van der Waals surface area contributed by atoms with Gasteiger partial charge in [-0.05, 0) is 31.5 Å². The molecule has 2 aromatic heterocycles. The molecule has 1 fully saturated rings. The van der Waals surface area contributed by atoms with Crippen molar-refractivity contribution in [1.82, 2.24) is 21.2 Å². The lowest BCUT2D eigenvalue weighted by Crippen LogP contribution is -2.28. The van der Waals surface area contributed by atoms with Crippen LogP contribution in [0.15, 0.2) is 34.9 Å². The number of aryl methyl sites for hydroxylation is 1. The number of rotatable bonds is 8. The van der Waals surface area contributed by atoms with E-state index in [1.807, 2.05) is 25.1 Å². The van der Waals surface area contributed by atoms with E-state index < -0.39 is 0 Å². The fraction of sp³-hybridized carbons (Fsp3) is 0.500. The molecule has 3 heterocycles. The molecule has 3 rings (SSSR count). The lowest BCUT2D eigenvalue weighted by Gasteiger charge is -2.17. The van der Waals surface area contributed by atoms with Gasteiger partial charge in [-0.2, -0.15) is 0 Å². The lowest BCUT2D eigenvalue weighted by molar-refractivity contribution is 0.300. The van der Waals surface area contributed by atoms with E-state index in [-0.39, 0.29) is 6.04 Å². The van der Waals surface area contributed by atoms with Crippen LogP contribution < -0.4 is 20.9 Å². The van der Waals surface area contributed by atoms with Crippen molar-refractivity contribution in [3.05, 3.63) is 47.5 Å². The largest absolute Gasteiger partial charge is 0.477 e. The van der Waals surface area contributed by atoms with Gasteiger partial charge in [0, 0.05) is 37.3 Å². The second-order valence-electron chi connectivity index (χ2n) is 6.16. The highest BCUT2D eigenvalue weighted by atomic mass is 16.5. The van der Waals surface area contributed by atoms with Crippen molar-refractivity contribution in [2.24, 2.45) is 5.92 Å². The Labute approximate surface area is 143 Å². The van der Waals surface area contributed by atoms with E-state index in [1.165, 1.54) is 0 Å². The summed E-state index contributed by atoms with van der Waals surface area (Å²) in [5, 5.41) is 3.53. The first kappa shape index (κ1) is 17.0. The van der Waals surface area contributed by atoms with Crippen LogP contribution in [0, 0.1) is 12.8 Å². The van der Waals surface area contributed by atoms with Crippen LogP contribution in [0.5, 0.6) is 5.88 Å². The summed E-state index contributed by atoms with van der Waals surface area (Å²) < 4.78 is 11.5. The van der Waals surface area contributed by atoms with Gasteiger partial charge in [0.15, 0.2) is 0 Å². The molecule has 2 aromatic rings. The molecule has 1 aliphatic rings. The molecule has 0 aromatic carbocycles. The maximum Gasteiger partial charge on any atom is 0.217 e. The van der Waals surface area contributed by atoms with E-state index in [4.69, 9.17) is 9.15 Å². The fourth-order valence-corrected chi connectivity index (χ4v) is 2.93. The van der Waals surface area contributed by atoms with Gasteiger partial charge in [0.25, 0.3) is 0 Å². The monoisotopic (exact) mass is 330 g/mol. The number of hydrazine groups is 1. The Hall–Kier alpha value is -1.89. The summed E-state index contributed by atoms with van der Waals surface area (Å²) in [6, 6.07) is 8.25. The molecular formula is C18H26N4O2. The summed E-state index contributed by atoms with van der Waals surface area (Å²) in [7, 11) is 0. The SMILES string of the molecule is CCCOc1ncccc1CNCC1CNNC1c1ccc(C)o1. The second kappa shape index (κ2) is 8.28. The number of nitrogens with zero attached hydrogens (tertiary/aromatic N) is 1. The van der Waals surface area contributed by atoms with E-state index in [0.29, 0.717) is 12.5 Å². The van der Waals surface area contributed by atoms with Crippen molar-refractivity contribution >= 4 is 0 Å². The van der Waals surface area contributed by atoms with Crippen LogP contribution in [0.2, 0.25) is 0 Å². The molecule has 2 unspecified atom stereocenters. The third kappa shape index (κ3) is 4.14. The summed E-state index contributed by atoms with van der Waals surface area (Å²) in [6.07, 6.45) is 2.75. The molecule has 1 saturated heterocycles. The van der Waals surface area contributed by atoms with Gasteiger partial charge in [0.05, 0.1) is 12.6 Å². The maximum atomic E-state index is 5.77. The van der Waals surface area contributed by atoms with Crippen LogP contribution in [0.1, 0.15) is 36.5 Å². The molecule has 0 radical (unpaired) electrons. The minimum Gasteiger partial charge on any atom is -0.477 e. The fourth-order valence-electron chi connectivity index (χ4n) is 2.93. The first-order chi connectivity index (χ1) is 11.8. The normalized spacial score (nSPS) is 20.4. The number of nitrogens with one attached hydrogen (secondary N) is 3. The highest BCUT2D eigenvalue weighted by molar-refractivity contribution is 5.25. The first-order valence-electron chi connectivity index (χ1n) is 8.60. The van der Waals surface area contributed by atoms with Crippen molar-refractivity contribution in [2.75, 3.05) is 19.7 Å². The van der Waals surface area contributed by atoms with Gasteiger partial charge in [-0.3, -0.25) is 5.43 Å². The second-order valence-corrected chi connectivity index (χ2v) is 6.16. The zero-order chi connectivity index (χ0) is 16.8. The quantitative estimate of drug-likeness (QED) is 0.690. The highest BCUT2D eigenvalue weighted by Crippen LogP contribution is 2.26. The Kier molecular flexibility index (Phi) is 5.85. The Bertz CT molecular complexity index is 643. The summed E-state index contributed by atoms with van der Waals surface area (Å²) in [6.45, 7) is 7.29. The lowest BCUT2D eigenvalue weighted by atomic mass is 10.00. The van der Waals surface area contributed by atoms with Gasteiger partial charge in [0.2, 0.25) is 5.88 Å². The van der Waals surface area contributed by atoms with Gasteiger partial charge in [-0.25, -0.2) is 10.4 Å². The summed E-state index contributed by atoms with van der Waals surface area (Å²) >= 11 is 0. The van der Waals surface area contributed by atoms with E-state index in [1.54, 1.807) is 6.20 Å². The minimum absolute atomic E-state index is 0.191. The van der Waals surface area contributed by atoms with Gasteiger partial charge < -0.3 is 14.5 Å². The van der Waals surface area contributed by atoms with Crippen molar-refractivity contribution in [3.63, 3.8) is 0 Å². The van der Waals surface area contributed by atoms with Crippen molar-refractivity contribution in [1.29, 1.82) is 0 Å². The molecule has 0 spiro atoms. The van der Waals surface area contributed by atoms with Gasteiger partial charge in [-0.1, -0.05) is 13.0 Å². The summed E-state index contributed by atoms with van der Waals surface area (Å²) in [5.74, 6) is 3.08. The van der Waals surface area contributed by atoms with Crippen LogP contribution in [-0.4, -0.2) is 24.7 Å². The Morgan fingerprint density at radius 2 is 2.29 bits per heavy atom. The van der Waals surface area contributed by atoms with Crippen LogP contribution >= 0.6 is 0 Å². The molecule has 0 amide bonds. The van der Waals surface area contributed by atoms with E-state index in [0.717, 1.165) is 49.0 Å². The Balaban J connectivity index is 1.54. The Morgan fingerprint density at radius 3 is 3.08 bits per heavy atom. The van der Waals surface area contributed by atoms with Crippen LogP contribution in [-0.2, 0) is 6.54 Å². The molecule has 0 aliphatic carbocycles. The van der Waals surface area contributed by atoms with E-state index in [9.17, 15) is 0 Å². The molecule has 3 N–H and O–H groups in total. The summed E-state index contributed by atoms with van der Waals surface area (Å²) in [5.41, 5.74) is 7.63. The number of hydrogen-bond acceptors (Lipinski definition) is 6. The molecule has 0 saturated carbocycles. The molecule has 0 bridgehead atoms. The van der Waals surface area contributed by atoms with E-state index in [2.05, 4.69) is 34.1 Å². The first-order valence-corrected chi connectivity index (χ1v) is 8.60. The average molecular weight is 330 g/mol. The van der Waals surface area contributed by atoms with Crippen LogP contribution in [0.4, 0.5) is 0 Å².